The molecule has 9 nitrogen and oxygen atoms in total. The molecule has 3 saturated heterocycles. The lowest BCUT2D eigenvalue weighted by Gasteiger charge is -2.39. The Morgan fingerprint density at radius 3 is 2.34 bits per heavy atom. The zero-order chi connectivity index (χ0) is 30.8. The smallest absolute Gasteiger partial charge is 0.321 e. The van der Waals surface area contributed by atoms with Crippen LogP contribution in [0.1, 0.15) is 32.8 Å². The van der Waals surface area contributed by atoms with Crippen molar-refractivity contribution in [2.24, 2.45) is 5.92 Å². The summed E-state index contributed by atoms with van der Waals surface area (Å²) < 4.78 is 25.8. The minimum absolute atomic E-state index is 0.229. The van der Waals surface area contributed by atoms with Crippen LogP contribution in [0.5, 0.6) is 5.75 Å². The molecule has 0 aliphatic carbocycles. The fourth-order valence-corrected chi connectivity index (χ4v) is 7.63. The fraction of sp³-hybridized carbons (Fsp3) is 0.406. The molecule has 232 valence electrons. The van der Waals surface area contributed by atoms with Crippen LogP contribution in [0.4, 0.5) is 9.18 Å². The van der Waals surface area contributed by atoms with E-state index < -0.39 is 29.7 Å². The third-order valence-electron chi connectivity index (χ3n) is 8.66. The first-order chi connectivity index (χ1) is 21.4. The molecular weight excluding hydrogens is 607 g/mol. The predicted molar refractivity (Wildman–Crippen MR) is 165 cm³/mol. The van der Waals surface area contributed by atoms with Gasteiger partial charge in [0, 0.05) is 45.2 Å². The second-order valence-corrected chi connectivity index (χ2v) is 12.8. The first-order valence-corrected chi connectivity index (χ1v) is 15.9. The van der Waals surface area contributed by atoms with E-state index in [0.717, 1.165) is 11.3 Å². The fourth-order valence-electron chi connectivity index (χ4n) is 6.60. The van der Waals surface area contributed by atoms with E-state index in [4.69, 9.17) is 21.1 Å². The van der Waals surface area contributed by atoms with E-state index in [1.165, 1.54) is 12.1 Å². The monoisotopic (exact) mass is 640 g/mol. The molecule has 6 rings (SSSR count). The second kappa shape index (κ2) is 13.2. The number of ketones is 1. The summed E-state index contributed by atoms with van der Waals surface area (Å²) in [7, 11) is 1.56. The highest BCUT2D eigenvalue weighted by atomic mass is 35.5. The van der Waals surface area contributed by atoms with Crippen LogP contribution < -0.4 is 10.1 Å². The molecule has 0 spiro atoms. The largest absolute Gasteiger partial charge is 0.497 e. The number of ether oxygens (including phenoxy) is 2. The molecule has 0 saturated carbocycles. The van der Waals surface area contributed by atoms with Gasteiger partial charge in [-0.25, -0.2) is 9.18 Å². The third-order valence-corrected chi connectivity index (χ3v) is 9.91. The van der Waals surface area contributed by atoms with E-state index in [9.17, 15) is 18.8 Å². The lowest BCUT2D eigenvalue weighted by atomic mass is 9.77. The number of morpholine rings is 1. The Morgan fingerprint density at radius 1 is 0.955 bits per heavy atom. The van der Waals surface area contributed by atoms with Gasteiger partial charge in [0.2, 0.25) is 5.91 Å². The van der Waals surface area contributed by atoms with Gasteiger partial charge in [-0.2, -0.15) is 0 Å². The van der Waals surface area contributed by atoms with Crippen LogP contribution in [-0.4, -0.2) is 98.1 Å². The first-order valence-electron chi connectivity index (χ1n) is 14.7. The minimum atomic E-state index is -1.02. The number of amides is 3. The predicted octanol–water partition coefficient (Wildman–Crippen LogP) is 4.44. The number of rotatable bonds is 6. The minimum Gasteiger partial charge on any atom is -0.497 e. The summed E-state index contributed by atoms with van der Waals surface area (Å²) in [4.78, 5) is 49.5. The van der Waals surface area contributed by atoms with Crippen LogP contribution in [0.25, 0.3) is 0 Å². The Labute approximate surface area is 264 Å². The van der Waals surface area contributed by atoms with Crippen LogP contribution in [0.3, 0.4) is 0 Å². The number of thiophene rings is 1. The number of Topliss-reactive ketones (excluding diaryl/α,β-unsaturated/α-hetero) is 1. The van der Waals surface area contributed by atoms with Gasteiger partial charge < -0.3 is 29.5 Å². The van der Waals surface area contributed by atoms with E-state index in [1.54, 1.807) is 52.1 Å². The summed E-state index contributed by atoms with van der Waals surface area (Å²) in [6.45, 7) is 3.62. The number of carbonyl (C=O) groups is 3. The van der Waals surface area contributed by atoms with Crippen molar-refractivity contribution < 1.29 is 28.2 Å². The van der Waals surface area contributed by atoms with Crippen molar-refractivity contribution >= 4 is 40.7 Å². The van der Waals surface area contributed by atoms with Gasteiger partial charge >= 0.3 is 6.03 Å². The number of hydrogen-bond donors (Lipinski definition) is 1. The van der Waals surface area contributed by atoms with Gasteiger partial charge in [-0.1, -0.05) is 35.9 Å². The summed E-state index contributed by atoms with van der Waals surface area (Å²) in [6, 6.07) is 14.3. The molecule has 3 amide bonds. The molecule has 0 radical (unpaired) electrons. The van der Waals surface area contributed by atoms with E-state index in [0.29, 0.717) is 78.6 Å². The van der Waals surface area contributed by atoms with Crippen LogP contribution >= 0.6 is 22.9 Å². The molecule has 3 aromatic rings. The van der Waals surface area contributed by atoms with E-state index in [1.807, 2.05) is 18.2 Å². The quantitative estimate of drug-likeness (QED) is 0.401. The van der Waals surface area contributed by atoms with Crippen molar-refractivity contribution in [1.82, 2.24) is 20.0 Å². The molecule has 4 heterocycles. The van der Waals surface area contributed by atoms with Crippen molar-refractivity contribution in [3.8, 4) is 5.75 Å². The van der Waals surface area contributed by atoms with Crippen LogP contribution in [-0.2, 0) is 9.53 Å². The zero-order valence-corrected chi connectivity index (χ0v) is 25.9. The maximum atomic E-state index is 14.7. The summed E-state index contributed by atoms with van der Waals surface area (Å²) in [5, 5.41) is 3.28. The maximum absolute atomic E-state index is 14.7. The number of carbonyl (C=O) groups excluding carboxylic acids is 3. The highest BCUT2D eigenvalue weighted by molar-refractivity contribution is 7.18. The molecule has 0 bridgehead atoms. The molecule has 3 aliphatic rings. The third kappa shape index (κ3) is 5.93. The van der Waals surface area contributed by atoms with Gasteiger partial charge in [0.1, 0.15) is 17.6 Å². The van der Waals surface area contributed by atoms with Gasteiger partial charge in [0.15, 0.2) is 5.78 Å². The number of halogens is 2. The number of hydrogen-bond acceptors (Lipinski definition) is 7. The molecule has 1 N–H and O–H groups in total. The summed E-state index contributed by atoms with van der Waals surface area (Å²) in [6.07, 6.45) is 0. The van der Waals surface area contributed by atoms with Crippen molar-refractivity contribution in [3.63, 3.8) is 0 Å². The molecular formula is C32H34ClFN4O5S. The van der Waals surface area contributed by atoms with Crippen molar-refractivity contribution in [2.45, 2.75) is 18.0 Å². The first kappa shape index (κ1) is 30.5. The number of nitrogens with one attached hydrogen (secondary N) is 1. The number of nitrogens with zero attached hydrogens (tertiary/aromatic N) is 3. The lowest BCUT2D eigenvalue weighted by Crippen LogP contribution is -2.57. The topological polar surface area (TPSA) is 91.4 Å². The summed E-state index contributed by atoms with van der Waals surface area (Å²) in [5.74, 6) is -1.96. The van der Waals surface area contributed by atoms with Crippen LogP contribution in [0.15, 0.2) is 60.7 Å². The average molecular weight is 641 g/mol. The molecule has 3 fully saturated rings. The van der Waals surface area contributed by atoms with Gasteiger partial charge in [0.05, 0.1) is 41.5 Å². The number of benzene rings is 2. The van der Waals surface area contributed by atoms with Crippen molar-refractivity contribution in [1.29, 1.82) is 0 Å². The maximum Gasteiger partial charge on any atom is 0.321 e. The Morgan fingerprint density at radius 2 is 1.68 bits per heavy atom. The van der Waals surface area contributed by atoms with Crippen LogP contribution in [0.2, 0.25) is 4.34 Å². The van der Waals surface area contributed by atoms with E-state index >= 15 is 0 Å². The Hall–Kier alpha value is -3.51. The Bertz CT molecular complexity index is 1510. The Balaban J connectivity index is 1.58. The van der Waals surface area contributed by atoms with Gasteiger partial charge in [-0.05, 0) is 47.5 Å². The molecule has 4 unspecified atom stereocenters. The average Bonchev–Trinajstić information content (AvgIpc) is 3.66. The normalized spacial score (nSPS) is 23.9. The highest BCUT2D eigenvalue weighted by Crippen LogP contribution is 2.53. The molecule has 3 aliphatic heterocycles. The van der Waals surface area contributed by atoms with Crippen molar-refractivity contribution in [3.05, 3.63) is 86.8 Å². The lowest BCUT2D eigenvalue weighted by molar-refractivity contribution is -0.136. The Kier molecular flexibility index (Phi) is 9.18. The summed E-state index contributed by atoms with van der Waals surface area (Å²) in [5.41, 5.74) is 1.26. The van der Waals surface area contributed by atoms with Crippen LogP contribution in [0, 0.1) is 11.7 Å². The van der Waals surface area contributed by atoms with Crippen molar-refractivity contribution in [2.75, 3.05) is 59.6 Å². The molecule has 1 aromatic heterocycles. The molecule has 44 heavy (non-hydrogen) atoms. The van der Waals surface area contributed by atoms with Gasteiger partial charge in [-0.15, -0.1) is 11.3 Å². The van der Waals surface area contributed by atoms with E-state index in [-0.39, 0.29) is 17.7 Å². The summed E-state index contributed by atoms with van der Waals surface area (Å²) >= 11 is 7.45. The zero-order valence-electron chi connectivity index (χ0n) is 24.3. The number of methoxy groups -OCH3 is 1. The van der Waals surface area contributed by atoms with Gasteiger partial charge in [-0.3, -0.25) is 9.59 Å². The second-order valence-electron chi connectivity index (χ2n) is 11.1. The number of piperazine rings is 1. The SMILES string of the molecule is COc1cccc(C2C(C(=O)c3ccc(Cl)s3)C(c3ccc(F)cc3)N(C(=O)N3CCOCC3)C2C(=O)N2CCNCC2)c1. The number of likely N-dealkylation sites (tertiary alicyclic amines) is 1. The standard InChI is InChI=1S/C32H34ClFN4O5S/c1-42-23-4-2-3-21(19-23)26-27(30(39)24-9-10-25(33)44-24)28(20-5-7-22(34)8-6-20)38(32(41)37-15-17-43-18-16-37)29(26)31(40)36-13-11-35-12-14-36/h2-10,19,26-29,35H,11-18H2,1H3. The highest BCUT2D eigenvalue weighted by Gasteiger charge is 2.59. The van der Waals surface area contributed by atoms with Gasteiger partial charge in [0.25, 0.3) is 0 Å². The number of urea groups is 1. The molecule has 2 aromatic carbocycles. The molecule has 4 atom stereocenters. The van der Waals surface area contributed by atoms with E-state index in [2.05, 4.69) is 5.32 Å². The molecule has 12 heteroatoms.